The van der Waals surface area contributed by atoms with Gasteiger partial charge >= 0.3 is 0 Å². The molecule has 0 radical (unpaired) electrons. The standard InChI is InChI=1S/C7H12BrN3O/c1-12-4-2-3-11-6-7(5-8)9-10-11/h6H,2-5H2,1H3. The molecule has 0 saturated carbocycles. The van der Waals surface area contributed by atoms with Gasteiger partial charge in [0.15, 0.2) is 0 Å². The van der Waals surface area contributed by atoms with Gasteiger partial charge in [-0.05, 0) is 6.42 Å². The highest BCUT2D eigenvalue weighted by molar-refractivity contribution is 9.08. The van der Waals surface area contributed by atoms with Crippen LogP contribution in [0.5, 0.6) is 0 Å². The molecule has 0 aliphatic carbocycles. The highest BCUT2D eigenvalue weighted by atomic mass is 79.9. The van der Waals surface area contributed by atoms with Gasteiger partial charge in [0.25, 0.3) is 0 Å². The number of methoxy groups -OCH3 is 1. The molecule has 0 aromatic carbocycles. The van der Waals surface area contributed by atoms with Crippen molar-refractivity contribution in [1.82, 2.24) is 15.0 Å². The maximum atomic E-state index is 4.93. The van der Waals surface area contributed by atoms with E-state index in [0.717, 1.165) is 30.6 Å². The van der Waals surface area contributed by atoms with E-state index in [1.165, 1.54) is 0 Å². The van der Waals surface area contributed by atoms with E-state index in [0.29, 0.717) is 0 Å². The van der Waals surface area contributed by atoms with Crippen LogP contribution in [0.4, 0.5) is 0 Å². The second-order valence-electron chi connectivity index (χ2n) is 2.45. The molecule has 1 heterocycles. The Kier molecular flexibility index (Phi) is 4.24. The van der Waals surface area contributed by atoms with Crippen molar-refractivity contribution in [3.8, 4) is 0 Å². The van der Waals surface area contributed by atoms with Crippen molar-refractivity contribution in [2.45, 2.75) is 18.3 Å². The first kappa shape index (κ1) is 9.67. The molecule has 0 atom stereocenters. The first-order chi connectivity index (χ1) is 5.86. The number of nitrogens with zero attached hydrogens (tertiary/aromatic N) is 3. The van der Waals surface area contributed by atoms with E-state index in [9.17, 15) is 0 Å². The van der Waals surface area contributed by atoms with Gasteiger partial charge in [-0.1, -0.05) is 21.1 Å². The fraction of sp³-hybridized carbons (Fsp3) is 0.714. The van der Waals surface area contributed by atoms with Crippen molar-refractivity contribution in [1.29, 1.82) is 0 Å². The summed E-state index contributed by atoms with van der Waals surface area (Å²) >= 11 is 3.31. The Balaban J connectivity index is 2.31. The summed E-state index contributed by atoms with van der Waals surface area (Å²) in [6.07, 6.45) is 2.91. The Morgan fingerprint density at radius 1 is 1.67 bits per heavy atom. The lowest BCUT2D eigenvalue weighted by molar-refractivity contribution is 0.188. The number of hydrogen-bond acceptors (Lipinski definition) is 3. The van der Waals surface area contributed by atoms with Crippen LogP contribution in [0.3, 0.4) is 0 Å². The molecule has 0 N–H and O–H groups in total. The zero-order chi connectivity index (χ0) is 8.81. The smallest absolute Gasteiger partial charge is 0.0932 e. The zero-order valence-electron chi connectivity index (χ0n) is 7.03. The van der Waals surface area contributed by atoms with Crippen LogP contribution in [0.25, 0.3) is 0 Å². The molecule has 68 valence electrons. The van der Waals surface area contributed by atoms with Gasteiger partial charge in [0.2, 0.25) is 0 Å². The van der Waals surface area contributed by atoms with Crippen LogP contribution >= 0.6 is 15.9 Å². The van der Waals surface area contributed by atoms with Crippen molar-refractivity contribution in [2.75, 3.05) is 13.7 Å². The lowest BCUT2D eigenvalue weighted by Crippen LogP contribution is -2.01. The Morgan fingerprint density at radius 2 is 2.50 bits per heavy atom. The van der Waals surface area contributed by atoms with Gasteiger partial charge in [0.1, 0.15) is 0 Å². The van der Waals surface area contributed by atoms with Crippen LogP contribution < -0.4 is 0 Å². The molecule has 0 saturated heterocycles. The van der Waals surface area contributed by atoms with E-state index in [1.807, 2.05) is 10.9 Å². The molecule has 5 heteroatoms. The summed E-state index contributed by atoms with van der Waals surface area (Å²) in [7, 11) is 1.70. The molecular weight excluding hydrogens is 222 g/mol. The lowest BCUT2D eigenvalue weighted by Gasteiger charge is -1.97. The Morgan fingerprint density at radius 3 is 3.08 bits per heavy atom. The number of aryl methyl sites for hydroxylation is 1. The molecule has 0 bridgehead atoms. The molecular formula is C7H12BrN3O. The van der Waals surface area contributed by atoms with Crippen molar-refractivity contribution in [3.63, 3.8) is 0 Å². The Bertz CT molecular complexity index is 226. The topological polar surface area (TPSA) is 39.9 Å². The second kappa shape index (κ2) is 5.27. The van der Waals surface area contributed by atoms with E-state index in [4.69, 9.17) is 4.74 Å². The summed E-state index contributed by atoms with van der Waals surface area (Å²) in [5.74, 6) is 0. The summed E-state index contributed by atoms with van der Waals surface area (Å²) < 4.78 is 6.75. The van der Waals surface area contributed by atoms with Crippen LogP contribution in [-0.4, -0.2) is 28.7 Å². The summed E-state index contributed by atoms with van der Waals surface area (Å²) in [5, 5.41) is 8.64. The van der Waals surface area contributed by atoms with Gasteiger partial charge in [0.05, 0.1) is 5.69 Å². The number of ether oxygens (including phenoxy) is 1. The third-order valence-corrected chi connectivity index (χ3v) is 2.03. The minimum absolute atomic E-state index is 0.761. The van der Waals surface area contributed by atoms with Crippen molar-refractivity contribution >= 4 is 15.9 Å². The van der Waals surface area contributed by atoms with Gasteiger partial charge in [-0.3, -0.25) is 4.68 Å². The maximum Gasteiger partial charge on any atom is 0.0932 e. The first-order valence-electron chi connectivity index (χ1n) is 3.80. The van der Waals surface area contributed by atoms with Crippen LogP contribution in [-0.2, 0) is 16.6 Å². The fourth-order valence-corrected chi connectivity index (χ4v) is 1.14. The van der Waals surface area contributed by atoms with Crippen LogP contribution in [0.1, 0.15) is 12.1 Å². The minimum Gasteiger partial charge on any atom is -0.385 e. The number of halogens is 1. The van der Waals surface area contributed by atoms with E-state index in [-0.39, 0.29) is 0 Å². The summed E-state index contributed by atoms with van der Waals surface area (Å²) in [4.78, 5) is 0. The predicted molar refractivity (Wildman–Crippen MR) is 49.1 cm³/mol. The Hall–Kier alpha value is -0.420. The molecule has 0 unspecified atom stereocenters. The van der Waals surface area contributed by atoms with Gasteiger partial charge < -0.3 is 4.74 Å². The predicted octanol–water partition coefficient (Wildman–Crippen LogP) is 1.21. The molecule has 12 heavy (non-hydrogen) atoms. The minimum atomic E-state index is 0.761. The molecule has 1 aromatic rings. The third kappa shape index (κ3) is 2.91. The van der Waals surface area contributed by atoms with Crippen LogP contribution in [0.15, 0.2) is 6.20 Å². The first-order valence-corrected chi connectivity index (χ1v) is 4.93. The number of hydrogen-bond donors (Lipinski definition) is 0. The zero-order valence-corrected chi connectivity index (χ0v) is 8.62. The molecule has 0 spiro atoms. The lowest BCUT2D eigenvalue weighted by atomic mass is 10.4. The van der Waals surface area contributed by atoms with Crippen molar-refractivity contribution in [2.24, 2.45) is 0 Å². The van der Waals surface area contributed by atoms with Gasteiger partial charge in [-0.2, -0.15) is 0 Å². The largest absolute Gasteiger partial charge is 0.385 e. The number of rotatable bonds is 5. The second-order valence-corrected chi connectivity index (χ2v) is 3.01. The summed E-state index contributed by atoms with van der Waals surface area (Å²) in [6, 6.07) is 0. The molecule has 4 nitrogen and oxygen atoms in total. The van der Waals surface area contributed by atoms with Crippen LogP contribution in [0, 0.1) is 0 Å². The molecule has 0 aliphatic rings. The quantitative estimate of drug-likeness (QED) is 0.567. The summed E-state index contributed by atoms with van der Waals surface area (Å²) in [5.41, 5.74) is 0.965. The van der Waals surface area contributed by atoms with Gasteiger partial charge in [-0.25, -0.2) is 0 Å². The molecule has 0 fully saturated rings. The average molecular weight is 234 g/mol. The maximum absolute atomic E-state index is 4.93. The molecule has 1 aromatic heterocycles. The van der Waals surface area contributed by atoms with E-state index >= 15 is 0 Å². The monoisotopic (exact) mass is 233 g/mol. The molecule has 1 rings (SSSR count). The van der Waals surface area contributed by atoms with Crippen molar-refractivity contribution < 1.29 is 4.74 Å². The van der Waals surface area contributed by atoms with E-state index in [1.54, 1.807) is 7.11 Å². The average Bonchev–Trinajstić information content (AvgIpc) is 2.53. The van der Waals surface area contributed by atoms with Crippen molar-refractivity contribution in [3.05, 3.63) is 11.9 Å². The molecule has 0 aliphatic heterocycles. The number of alkyl halides is 1. The number of aromatic nitrogens is 3. The normalized spacial score (nSPS) is 10.5. The Labute approximate surface area is 80.0 Å². The highest BCUT2D eigenvalue weighted by Crippen LogP contribution is 1.99. The SMILES string of the molecule is COCCCn1cc(CBr)nn1. The molecule has 0 amide bonds. The van der Waals surface area contributed by atoms with E-state index in [2.05, 4.69) is 26.2 Å². The fourth-order valence-electron chi connectivity index (χ4n) is 0.880. The summed E-state index contributed by atoms with van der Waals surface area (Å²) in [6.45, 7) is 1.64. The van der Waals surface area contributed by atoms with Gasteiger partial charge in [0, 0.05) is 31.8 Å². The third-order valence-electron chi connectivity index (χ3n) is 1.46. The van der Waals surface area contributed by atoms with E-state index < -0.39 is 0 Å². The highest BCUT2D eigenvalue weighted by Gasteiger charge is 1.97. The van der Waals surface area contributed by atoms with Gasteiger partial charge in [-0.15, -0.1) is 5.10 Å². The van der Waals surface area contributed by atoms with Crippen LogP contribution in [0.2, 0.25) is 0 Å².